The largest absolute Gasteiger partial charge is 0.443 e. The second-order valence-corrected chi connectivity index (χ2v) is 16.0. The number of hydrogen-bond acceptors (Lipinski definition) is 12. The van der Waals surface area contributed by atoms with E-state index in [2.05, 4.69) is 20.6 Å². The summed E-state index contributed by atoms with van der Waals surface area (Å²) in [6.07, 6.45) is 3.79. The fourth-order valence-electron chi connectivity index (χ4n) is 8.01. The SMILES string of the molecule is N#Cc1ccc(CN2C(=O)NC(Cc3ccc4[nH]cc(CC(N)OC(=O)/C=C\C(=O)OC(N)Cc5c[nH]c6ccc(CC7NC(=O)N(Cc8ccc(C#N)cc8)C7=O)cc56)c4c3)C2=O)cc1.O. The molecule has 4 atom stereocenters. The number of nitrogens with zero attached hydrogens (tertiary/aromatic N) is 4. The highest BCUT2D eigenvalue weighted by atomic mass is 16.6. The quantitative estimate of drug-likeness (QED) is 0.0354. The van der Waals surface area contributed by atoms with Crippen molar-refractivity contribution in [2.75, 3.05) is 0 Å². The van der Waals surface area contributed by atoms with Gasteiger partial charge in [-0.25, -0.2) is 19.2 Å². The van der Waals surface area contributed by atoms with Gasteiger partial charge in [0, 0.05) is 72.0 Å². The third-order valence-electron chi connectivity index (χ3n) is 11.3. The van der Waals surface area contributed by atoms with Crippen LogP contribution in [0, 0.1) is 22.7 Å². The lowest BCUT2D eigenvalue weighted by Crippen LogP contribution is -2.32. The molecule has 0 saturated carbocycles. The Bertz CT molecular complexity index is 2800. The summed E-state index contributed by atoms with van der Waals surface area (Å²) in [7, 11) is 0. The summed E-state index contributed by atoms with van der Waals surface area (Å²) in [4.78, 5) is 85.7. The van der Waals surface area contributed by atoms with E-state index in [0.29, 0.717) is 22.3 Å². The molecule has 19 nitrogen and oxygen atoms in total. The number of nitrogens with one attached hydrogen (secondary N) is 4. The van der Waals surface area contributed by atoms with Gasteiger partial charge >= 0.3 is 24.0 Å². The van der Waals surface area contributed by atoms with E-state index in [9.17, 15) is 28.8 Å². The molecular weight excluding hydrogens is 861 g/mol. The lowest BCUT2D eigenvalue weighted by Gasteiger charge is -2.14. The number of aromatic amines is 2. The van der Waals surface area contributed by atoms with Crippen molar-refractivity contribution in [1.29, 1.82) is 10.5 Å². The zero-order chi connectivity index (χ0) is 46.5. The minimum absolute atomic E-state index is 0. The van der Waals surface area contributed by atoms with Crippen LogP contribution in [0.15, 0.2) is 109 Å². The molecule has 8 rings (SSSR count). The van der Waals surface area contributed by atoms with Gasteiger partial charge in [0.05, 0.1) is 36.4 Å². The second-order valence-electron chi connectivity index (χ2n) is 16.0. The Balaban J connectivity index is 0.00000666. The van der Waals surface area contributed by atoms with Crippen molar-refractivity contribution in [3.63, 3.8) is 0 Å². The van der Waals surface area contributed by atoms with E-state index >= 15 is 0 Å². The standard InChI is InChI=1S/C48H42N10O8.H2O/c49-21-27-1-5-29(6-2-27)25-57-45(61)39(55-47(57)63)17-31-9-11-37-35(15-31)33(23-53-37)19-41(51)65-43(59)13-14-44(60)66-42(52)20-34-24-54-38-12-10-32(16-36(34)38)18-40-46(62)58(48(64)56-40)26-30-7-3-28(22-50)4-8-30;/h1-16,23-24,39-42,53-54H,17-20,25-26,51-52H2,(H,55,63)(H,56,64);1H2/b14-13-;. The van der Waals surface area contributed by atoms with Crippen molar-refractivity contribution in [3.05, 3.63) is 154 Å². The zero-order valence-corrected chi connectivity index (χ0v) is 35.7. The Hall–Kier alpha value is -8.62. The number of aromatic nitrogens is 2. The van der Waals surface area contributed by atoms with Gasteiger partial charge in [0.2, 0.25) is 0 Å². The van der Waals surface area contributed by atoms with Gasteiger partial charge in [0.15, 0.2) is 12.5 Å². The van der Waals surface area contributed by atoms with Crippen LogP contribution in [0.2, 0.25) is 0 Å². The number of carbonyl (C=O) groups is 6. The summed E-state index contributed by atoms with van der Waals surface area (Å²) in [5.74, 6) is -2.49. The number of fused-ring (bicyclic) bond motifs is 2. The molecule has 2 aliphatic rings. The number of nitrogens with two attached hydrogens (primary N) is 2. The fraction of sp³-hybridized carbons (Fsp3) is 0.208. The molecule has 2 aliphatic heterocycles. The number of benzene rings is 4. The second kappa shape index (κ2) is 20.0. The summed E-state index contributed by atoms with van der Waals surface area (Å²) in [6.45, 7) is 0.148. The number of amides is 6. The van der Waals surface area contributed by atoms with Crippen LogP contribution in [0.1, 0.15) is 44.5 Å². The smallest absolute Gasteiger partial charge is 0.332 e. The lowest BCUT2D eigenvalue weighted by molar-refractivity contribution is -0.145. The molecule has 2 fully saturated rings. The molecule has 0 aliphatic carbocycles. The number of urea groups is 2. The Morgan fingerprint density at radius 2 is 0.985 bits per heavy atom. The monoisotopic (exact) mass is 904 g/mol. The zero-order valence-electron chi connectivity index (χ0n) is 35.7. The molecule has 4 unspecified atom stereocenters. The summed E-state index contributed by atoms with van der Waals surface area (Å²) in [5.41, 5.74) is 19.3. The van der Waals surface area contributed by atoms with Crippen LogP contribution in [0.5, 0.6) is 0 Å². The summed E-state index contributed by atoms with van der Waals surface area (Å²) >= 11 is 0. The molecule has 67 heavy (non-hydrogen) atoms. The molecule has 4 heterocycles. The van der Waals surface area contributed by atoms with Crippen LogP contribution in [0.3, 0.4) is 0 Å². The van der Waals surface area contributed by atoms with E-state index in [-0.39, 0.29) is 56.1 Å². The molecule has 6 amide bonds. The van der Waals surface area contributed by atoms with Crippen LogP contribution in [0.4, 0.5) is 9.59 Å². The maximum atomic E-state index is 13.2. The number of esters is 2. The highest BCUT2D eigenvalue weighted by molar-refractivity contribution is 6.05. The Labute approximate surface area is 382 Å². The van der Waals surface area contributed by atoms with E-state index in [4.69, 9.17) is 31.5 Å². The van der Waals surface area contributed by atoms with Gasteiger partial charge in [-0.05, 0) is 81.9 Å². The predicted molar refractivity (Wildman–Crippen MR) is 240 cm³/mol. The minimum atomic E-state index is -1.09. The average Bonchev–Trinajstić information content (AvgIpc) is 4.04. The van der Waals surface area contributed by atoms with Crippen molar-refractivity contribution in [1.82, 2.24) is 30.4 Å². The van der Waals surface area contributed by atoms with Crippen LogP contribution < -0.4 is 22.1 Å². The van der Waals surface area contributed by atoms with Crippen molar-refractivity contribution >= 4 is 57.6 Å². The number of nitriles is 2. The van der Waals surface area contributed by atoms with E-state index in [0.717, 1.165) is 66.0 Å². The molecule has 10 N–H and O–H groups in total. The summed E-state index contributed by atoms with van der Waals surface area (Å²) in [6, 6.07) is 26.0. The molecule has 19 heteroatoms. The number of carbonyl (C=O) groups excluding carboxylic acids is 6. The lowest BCUT2D eigenvalue weighted by atomic mass is 10.0. The third kappa shape index (κ3) is 10.7. The number of rotatable bonds is 16. The number of hydrogen-bond donors (Lipinski definition) is 6. The average molecular weight is 905 g/mol. The number of ether oxygens (including phenoxy) is 2. The highest BCUT2D eigenvalue weighted by Crippen LogP contribution is 2.26. The van der Waals surface area contributed by atoms with Crippen molar-refractivity contribution in [2.24, 2.45) is 11.5 Å². The fourth-order valence-corrected chi connectivity index (χ4v) is 8.01. The molecule has 2 aromatic heterocycles. The molecule has 6 aromatic rings. The highest BCUT2D eigenvalue weighted by Gasteiger charge is 2.39. The summed E-state index contributed by atoms with van der Waals surface area (Å²) in [5, 5.41) is 25.2. The van der Waals surface area contributed by atoms with Crippen LogP contribution >= 0.6 is 0 Å². The Morgan fingerprint density at radius 3 is 1.36 bits per heavy atom. The van der Waals surface area contributed by atoms with E-state index in [1.807, 2.05) is 48.5 Å². The van der Waals surface area contributed by atoms with Gasteiger partial charge in [-0.15, -0.1) is 0 Å². The minimum Gasteiger partial charge on any atom is -0.443 e. The number of H-pyrrole nitrogens is 2. The first-order valence-electron chi connectivity index (χ1n) is 20.8. The molecular formula is C48H44N10O9. The molecule has 0 radical (unpaired) electrons. The van der Waals surface area contributed by atoms with Crippen molar-refractivity contribution in [2.45, 2.75) is 63.3 Å². The van der Waals surface area contributed by atoms with Gasteiger partial charge in [-0.2, -0.15) is 10.5 Å². The van der Waals surface area contributed by atoms with Gasteiger partial charge in [0.1, 0.15) is 12.1 Å². The first-order chi connectivity index (χ1) is 31.8. The summed E-state index contributed by atoms with van der Waals surface area (Å²) < 4.78 is 10.7. The first kappa shape index (κ1) is 46.4. The van der Waals surface area contributed by atoms with Gasteiger partial charge in [0.25, 0.3) is 11.8 Å². The van der Waals surface area contributed by atoms with Gasteiger partial charge in [-0.3, -0.25) is 30.9 Å². The van der Waals surface area contributed by atoms with Crippen LogP contribution in [-0.2, 0) is 67.4 Å². The maximum Gasteiger partial charge on any atom is 0.332 e. The van der Waals surface area contributed by atoms with Crippen molar-refractivity contribution in [3.8, 4) is 12.1 Å². The van der Waals surface area contributed by atoms with E-state index < -0.39 is 48.5 Å². The topological polar surface area (TPSA) is 314 Å². The van der Waals surface area contributed by atoms with E-state index in [1.165, 1.54) is 0 Å². The van der Waals surface area contributed by atoms with Crippen LogP contribution in [-0.4, -0.2) is 85.6 Å². The van der Waals surface area contributed by atoms with Crippen molar-refractivity contribution < 1.29 is 43.7 Å². The molecule has 2 saturated heterocycles. The van der Waals surface area contributed by atoms with E-state index in [1.54, 1.807) is 60.9 Å². The molecule has 340 valence electrons. The van der Waals surface area contributed by atoms with Gasteiger partial charge < -0.3 is 35.6 Å². The number of imide groups is 2. The van der Waals surface area contributed by atoms with Crippen LogP contribution in [0.25, 0.3) is 21.8 Å². The maximum absolute atomic E-state index is 13.2. The first-order valence-corrected chi connectivity index (χ1v) is 20.8. The molecule has 0 spiro atoms. The Morgan fingerprint density at radius 1 is 0.612 bits per heavy atom. The molecule has 0 bridgehead atoms. The molecule has 4 aromatic carbocycles. The van der Waals surface area contributed by atoms with Gasteiger partial charge in [-0.1, -0.05) is 36.4 Å². The Kier molecular flexibility index (Phi) is 13.9. The normalized spacial score (nSPS) is 16.7. The third-order valence-corrected chi connectivity index (χ3v) is 11.3. The predicted octanol–water partition coefficient (Wildman–Crippen LogP) is 2.89.